The number of carboxylic acid groups (broad SMARTS) is 1. The molecule has 0 amide bonds. The fraction of sp³-hybridized carbons (Fsp3) is 0.364. The maximum absolute atomic E-state index is 12.8. The highest BCUT2D eigenvalue weighted by Gasteiger charge is 2.23. The van der Waals surface area contributed by atoms with Crippen LogP contribution in [0.3, 0.4) is 0 Å². The number of nitrogens with zero attached hydrogens (tertiary/aromatic N) is 1. The van der Waals surface area contributed by atoms with Gasteiger partial charge >= 0.3 is 5.97 Å². The first kappa shape index (κ1) is 18.5. The summed E-state index contributed by atoms with van der Waals surface area (Å²) in [5.41, 5.74) is 0. The lowest BCUT2D eigenvalue weighted by molar-refractivity contribution is -0.135. The fourth-order valence-corrected chi connectivity index (χ4v) is 3.69. The summed E-state index contributed by atoms with van der Waals surface area (Å²) in [5.74, 6) is -2.55. The van der Waals surface area contributed by atoms with Gasteiger partial charge in [-0.1, -0.05) is 0 Å². The Morgan fingerprint density at radius 3 is 2.27 bits per heavy atom. The molecule has 0 aliphatic heterocycles. The van der Waals surface area contributed by atoms with Crippen molar-refractivity contribution >= 4 is 26.0 Å². The molecule has 0 aliphatic rings. The van der Waals surface area contributed by atoms with Crippen molar-refractivity contribution in [3.05, 3.63) is 30.1 Å². The maximum atomic E-state index is 12.8. The first-order chi connectivity index (χ1) is 10.0. The van der Waals surface area contributed by atoms with E-state index in [1.807, 2.05) is 4.72 Å². The number of carboxylic acids is 1. The molecule has 11 heteroatoms. The Balaban J connectivity index is 2.74. The van der Waals surface area contributed by atoms with Gasteiger partial charge in [-0.2, -0.15) is 4.31 Å². The Hall–Kier alpha value is -1.56. The molecule has 0 spiro atoms. The Labute approximate surface area is 127 Å². The number of benzene rings is 1. The molecule has 0 unspecified atom stereocenters. The lowest BCUT2D eigenvalue weighted by atomic mass is 10.4. The molecule has 22 heavy (non-hydrogen) atoms. The predicted octanol–water partition coefficient (Wildman–Crippen LogP) is -0.550. The summed E-state index contributed by atoms with van der Waals surface area (Å²) >= 11 is 0. The van der Waals surface area contributed by atoms with E-state index in [4.69, 9.17) is 5.11 Å². The molecule has 1 aromatic rings. The quantitative estimate of drug-likeness (QED) is 0.646. The number of carbonyl (C=O) groups is 1. The number of hydrogen-bond acceptors (Lipinski definition) is 5. The van der Waals surface area contributed by atoms with E-state index in [2.05, 4.69) is 0 Å². The van der Waals surface area contributed by atoms with Crippen molar-refractivity contribution in [2.75, 3.05) is 25.9 Å². The van der Waals surface area contributed by atoms with Gasteiger partial charge in [0, 0.05) is 13.6 Å². The van der Waals surface area contributed by atoms with Crippen LogP contribution in [0.2, 0.25) is 0 Å². The molecule has 0 radical (unpaired) electrons. The minimum absolute atomic E-state index is 0.174. The van der Waals surface area contributed by atoms with E-state index in [0.717, 1.165) is 28.6 Å². The number of rotatable bonds is 8. The van der Waals surface area contributed by atoms with E-state index in [1.165, 1.54) is 7.05 Å². The molecule has 0 bridgehead atoms. The summed E-state index contributed by atoms with van der Waals surface area (Å²) in [7, 11) is -6.70. The average molecular weight is 354 g/mol. The van der Waals surface area contributed by atoms with E-state index in [-0.39, 0.29) is 11.4 Å². The van der Waals surface area contributed by atoms with Crippen molar-refractivity contribution in [2.24, 2.45) is 0 Å². The lowest BCUT2D eigenvalue weighted by Crippen LogP contribution is -2.37. The molecule has 1 aromatic carbocycles. The molecular weight excluding hydrogens is 339 g/mol. The molecule has 0 saturated carbocycles. The van der Waals surface area contributed by atoms with Gasteiger partial charge in [0.2, 0.25) is 20.0 Å². The van der Waals surface area contributed by atoms with E-state index >= 15 is 0 Å². The van der Waals surface area contributed by atoms with Gasteiger partial charge in [0.1, 0.15) is 12.4 Å². The van der Waals surface area contributed by atoms with Crippen molar-refractivity contribution < 1.29 is 31.1 Å². The first-order valence-corrected chi connectivity index (χ1v) is 9.05. The number of nitrogens with one attached hydrogen (secondary N) is 1. The normalized spacial score (nSPS) is 12.5. The minimum Gasteiger partial charge on any atom is -0.480 e. The van der Waals surface area contributed by atoms with Crippen LogP contribution in [0.1, 0.15) is 0 Å². The molecule has 0 heterocycles. The van der Waals surface area contributed by atoms with E-state index in [0.29, 0.717) is 0 Å². The second kappa shape index (κ2) is 7.13. The van der Waals surface area contributed by atoms with Crippen LogP contribution < -0.4 is 4.72 Å². The Kier molecular flexibility index (Phi) is 6.00. The third kappa shape index (κ3) is 5.33. The molecule has 124 valence electrons. The fourth-order valence-electron chi connectivity index (χ4n) is 1.40. The van der Waals surface area contributed by atoms with Gasteiger partial charge in [0.15, 0.2) is 0 Å². The van der Waals surface area contributed by atoms with Crippen LogP contribution in [0.25, 0.3) is 0 Å². The van der Waals surface area contributed by atoms with Gasteiger partial charge in [-0.05, 0) is 24.3 Å². The zero-order chi connectivity index (χ0) is 17.0. The highest BCUT2D eigenvalue weighted by Crippen LogP contribution is 2.14. The summed E-state index contributed by atoms with van der Waals surface area (Å²) in [5, 5.41) is 8.39. The molecule has 1 rings (SSSR count). The van der Waals surface area contributed by atoms with Crippen LogP contribution in [-0.4, -0.2) is 58.1 Å². The Bertz CT molecular complexity index is 730. The smallest absolute Gasteiger partial charge is 0.318 e. The summed E-state index contributed by atoms with van der Waals surface area (Å²) in [6.07, 6.45) is 0. The van der Waals surface area contributed by atoms with Crippen LogP contribution in [0.5, 0.6) is 0 Å². The van der Waals surface area contributed by atoms with Gasteiger partial charge in [-0.3, -0.25) is 4.79 Å². The second-order valence-corrected chi connectivity index (χ2v) is 8.29. The summed E-state index contributed by atoms with van der Waals surface area (Å²) in [6, 6.07) is 4.09. The van der Waals surface area contributed by atoms with Crippen LogP contribution in [0.15, 0.2) is 29.2 Å². The molecular formula is C11H15FN2O6S2. The molecule has 0 saturated heterocycles. The van der Waals surface area contributed by atoms with Crippen molar-refractivity contribution in [3.8, 4) is 0 Å². The van der Waals surface area contributed by atoms with Crippen LogP contribution in [0.4, 0.5) is 4.39 Å². The molecule has 2 N–H and O–H groups in total. The van der Waals surface area contributed by atoms with Crippen LogP contribution in [-0.2, 0) is 24.8 Å². The van der Waals surface area contributed by atoms with E-state index in [1.54, 1.807) is 0 Å². The third-order valence-corrected chi connectivity index (χ3v) is 5.82. The van der Waals surface area contributed by atoms with E-state index in [9.17, 15) is 26.0 Å². The van der Waals surface area contributed by atoms with Crippen molar-refractivity contribution in [3.63, 3.8) is 0 Å². The second-order valence-electron chi connectivity index (χ2n) is 4.31. The molecule has 8 nitrogen and oxygen atoms in total. The van der Waals surface area contributed by atoms with E-state index < -0.39 is 44.1 Å². The number of sulfonamides is 2. The molecule has 0 atom stereocenters. The first-order valence-electron chi connectivity index (χ1n) is 5.95. The Morgan fingerprint density at radius 2 is 1.77 bits per heavy atom. The van der Waals surface area contributed by atoms with Gasteiger partial charge in [-0.25, -0.2) is 25.9 Å². The van der Waals surface area contributed by atoms with Gasteiger partial charge in [0.25, 0.3) is 0 Å². The van der Waals surface area contributed by atoms with Crippen molar-refractivity contribution in [1.82, 2.24) is 9.03 Å². The minimum atomic E-state index is -3.95. The largest absolute Gasteiger partial charge is 0.480 e. The van der Waals surface area contributed by atoms with Crippen molar-refractivity contribution in [2.45, 2.75) is 4.90 Å². The highest BCUT2D eigenvalue weighted by molar-refractivity contribution is 7.90. The highest BCUT2D eigenvalue weighted by atomic mass is 32.2. The van der Waals surface area contributed by atoms with Crippen LogP contribution in [0, 0.1) is 5.82 Å². The molecule has 0 aromatic heterocycles. The monoisotopic (exact) mass is 354 g/mol. The predicted molar refractivity (Wildman–Crippen MR) is 75.6 cm³/mol. The summed E-state index contributed by atoms with van der Waals surface area (Å²) in [6.45, 7) is -1.16. The third-order valence-electron chi connectivity index (χ3n) is 2.64. The number of hydrogen-bond donors (Lipinski definition) is 2. The number of aliphatic carboxylic acids is 1. The van der Waals surface area contributed by atoms with Crippen LogP contribution >= 0.6 is 0 Å². The molecule has 0 aliphatic carbocycles. The maximum Gasteiger partial charge on any atom is 0.318 e. The lowest BCUT2D eigenvalue weighted by Gasteiger charge is -2.17. The van der Waals surface area contributed by atoms with Gasteiger partial charge in [-0.15, -0.1) is 0 Å². The molecule has 0 fully saturated rings. The van der Waals surface area contributed by atoms with Gasteiger partial charge < -0.3 is 5.11 Å². The number of halogens is 1. The summed E-state index contributed by atoms with van der Waals surface area (Å²) in [4.78, 5) is 10.1. The zero-order valence-electron chi connectivity index (χ0n) is 11.6. The van der Waals surface area contributed by atoms with Gasteiger partial charge in [0.05, 0.1) is 10.6 Å². The summed E-state index contributed by atoms with van der Waals surface area (Å²) < 4.78 is 62.6. The average Bonchev–Trinajstić information content (AvgIpc) is 2.43. The zero-order valence-corrected chi connectivity index (χ0v) is 13.2. The Morgan fingerprint density at radius 1 is 1.23 bits per heavy atom. The standard InChI is InChI=1S/C11H15FN2O6S2/c1-14(6-7-21(17,18)13-8-11(15)16)22(19,20)10-4-2-9(12)3-5-10/h2-5,13H,6-8H2,1H3,(H,15,16). The SMILES string of the molecule is CN(CCS(=O)(=O)NCC(=O)O)S(=O)(=O)c1ccc(F)cc1. The van der Waals surface area contributed by atoms with Crippen molar-refractivity contribution in [1.29, 1.82) is 0 Å². The topological polar surface area (TPSA) is 121 Å².